The van der Waals surface area contributed by atoms with Crippen molar-refractivity contribution < 1.29 is 19.1 Å². The summed E-state index contributed by atoms with van der Waals surface area (Å²) in [6.07, 6.45) is 4.79. The van der Waals surface area contributed by atoms with Crippen LogP contribution in [-0.4, -0.2) is 45.8 Å². The first-order valence-corrected chi connectivity index (χ1v) is 10.2. The van der Waals surface area contributed by atoms with E-state index in [1.54, 1.807) is 47.5 Å². The smallest absolute Gasteiger partial charge is 0.256 e. The van der Waals surface area contributed by atoms with Crippen LogP contribution in [0.25, 0.3) is 0 Å². The maximum atomic E-state index is 13.4. The van der Waals surface area contributed by atoms with E-state index >= 15 is 0 Å². The standard InChI is InChI=1S/C23H28N4O4/c1-23(2,3)26-21(29)20(15-6-10-18(11-7-15)31-14-19(24)28)27(17-8-9-17)22(30)16-5-4-12-25-13-16/h4-7,10-13,17,20H,8-9,14H2,1-3H3,(H2,24,28)(H,26,29)/t20-/m1/s1. The minimum atomic E-state index is -0.815. The SMILES string of the molecule is CC(C)(C)NC(=O)[C@@H](c1ccc(OCC(N)=O)cc1)N(C(=O)c1cccnc1)C1CC1. The Kier molecular flexibility index (Phi) is 6.58. The Balaban J connectivity index is 1.96. The predicted octanol–water partition coefficient (Wildman–Crippen LogP) is 2.21. The zero-order valence-electron chi connectivity index (χ0n) is 18.0. The van der Waals surface area contributed by atoms with Crippen molar-refractivity contribution in [1.29, 1.82) is 0 Å². The Morgan fingerprint density at radius 3 is 2.39 bits per heavy atom. The van der Waals surface area contributed by atoms with E-state index < -0.39 is 17.5 Å². The van der Waals surface area contributed by atoms with Crippen LogP contribution in [0.15, 0.2) is 48.8 Å². The summed E-state index contributed by atoms with van der Waals surface area (Å²) in [5, 5.41) is 3.00. The lowest BCUT2D eigenvalue weighted by atomic mass is 10.0. The van der Waals surface area contributed by atoms with Crippen molar-refractivity contribution in [3.8, 4) is 5.75 Å². The van der Waals surface area contributed by atoms with Crippen molar-refractivity contribution in [1.82, 2.24) is 15.2 Å². The Bertz CT molecular complexity index is 934. The Hall–Kier alpha value is -3.42. The van der Waals surface area contributed by atoms with E-state index in [2.05, 4.69) is 10.3 Å². The third-order valence-electron chi connectivity index (χ3n) is 4.68. The molecule has 1 saturated carbocycles. The molecular formula is C23H28N4O4. The molecule has 2 aromatic rings. The van der Waals surface area contributed by atoms with Crippen molar-refractivity contribution in [3.05, 3.63) is 59.9 Å². The molecule has 0 saturated heterocycles. The number of hydrogen-bond donors (Lipinski definition) is 2. The normalized spacial score (nSPS) is 14.4. The first-order valence-electron chi connectivity index (χ1n) is 10.2. The average molecular weight is 425 g/mol. The van der Waals surface area contributed by atoms with Crippen LogP contribution in [0.2, 0.25) is 0 Å². The van der Waals surface area contributed by atoms with Crippen LogP contribution in [0, 0.1) is 0 Å². The van der Waals surface area contributed by atoms with Gasteiger partial charge in [0, 0.05) is 24.0 Å². The summed E-state index contributed by atoms with van der Waals surface area (Å²) in [4.78, 5) is 43.4. The van der Waals surface area contributed by atoms with Crippen LogP contribution in [0.3, 0.4) is 0 Å². The van der Waals surface area contributed by atoms with Gasteiger partial charge in [0.1, 0.15) is 11.8 Å². The summed E-state index contributed by atoms with van der Waals surface area (Å²) in [5.74, 6) is -0.622. The van der Waals surface area contributed by atoms with Crippen LogP contribution >= 0.6 is 0 Å². The predicted molar refractivity (Wildman–Crippen MR) is 115 cm³/mol. The fourth-order valence-electron chi connectivity index (χ4n) is 3.26. The average Bonchev–Trinajstić information content (AvgIpc) is 3.54. The van der Waals surface area contributed by atoms with Gasteiger partial charge in [-0.15, -0.1) is 0 Å². The van der Waals surface area contributed by atoms with E-state index in [4.69, 9.17) is 10.5 Å². The van der Waals surface area contributed by atoms with E-state index in [9.17, 15) is 14.4 Å². The molecule has 1 aliphatic rings. The fourth-order valence-corrected chi connectivity index (χ4v) is 3.26. The first-order chi connectivity index (χ1) is 14.7. The number of primary amides is 1. The largest absolute Gasteiger partial charge is 0.484 e. The second-order valence-corrected chi connectivity index (χ2v) is 8.65. The lowest BCUT2D eigenvalue weighted by molar-refractivity contribution is -0.127. The van der Waals surface area contributed by atoms with Crippen molar-refractivity contribution >= 4 is 17.7 Å². The highest BCUT2D eigenvalue weighted by molar-refractivity contribution is 5.98. The van der Waals surface area contributed by atoms with E-state index in [-0.39, 0.29) is 24.5 Å². The van der Waals surface area contributed by atoms with Gasteiger partial charge >= 0.3 is 0 Å². The molecule has 3 N–H and O–H groups in total. The zero-order valence-corrected chi connectivity index (χ0v) is 18.0. The van der Waals surface area contributed by atoms with Gasteiger partial charge in [0.15, 0.2) is 6.61 Å². The van der Waals surface area contributed by atoms with Gasteiger partial charge in [0.25, 0.3) is 11.8 Å². The number of benzene rings is 1. The summed E-state index contributed by atoms with van der Waals surface area (Å²) in [5.41, 5.74) is 5.74. The lowest BCUT2D eigenvalue weighted by Gasteiger charge is -2.34. The molecule has 8 nitrogen and oxygen atoms in total. The number of hydrogen-bond acceptors (Lipinski definition) is 5. The Morgan fingerprint density at radius 2 is 1.87 bits per heavy atom. The van der Waals surface area contributed by atoms with Gasteiger partial charge in [-0.05, 0) is 63.4 Å². The molecule has 0 radical (unpaired) electrons. The van der Waals surface area contributed by atoms with Crippen LogP contribution in [-0.2, 0) is 9.59 Å². The molecule has 1 aromatic heterocycles. The molecule has 1 heterocycles. The highest BCUT2D eigenvalue weighted by Gasteiger charge is 2.42. The maximum absolute atomic E-state index is 13.4. The molecule has 1 fully saturated rings. The molecule has 1 aliphatic carbocycles. The van der Waals surface area contributed by atoms with Gasteiger partial charge < -0.3 is 20.7 Å². The minimum Gasteiger partial charge on any atom is -0.484 e. The minimum absolute atomic E-state index is 0.0192. The van der Waals surface area contributed by atoms with Gasteiger partial charge in [-0.1, -0.05) is 12.1 Å². The molecule has 0 bridgehead atoms. The number of pyridine rings is 1. The van der Waals surface area contributed by atoms with Crippen molar-refractivity contribution in [2.75, 3.05) is 6.61 Å². The molecular weight excluding hydrogens is 396 g/mol. The molecule has 1 aromatic carbocycles. The quantitative estimate of drug-likeness (QED) is 0.674. The van der Waals surface area contributed by atoms with Gasteiger partial charge in [-0.3, -0.25) is 19.4 Å². The molecule has 0 unspecified atom stereocenters. The number of carbonyl (C=O) groups is 3. The molecule has 0 spiro atoms. The first kappa shape index (κ1) is 22.3. The second kappa shape index (κ2) is 9.16. The van der Waals surface area contributed by atoms with Crippen LogP contribution in [0.1, 0.15) is 55.6 Å². The molecule has 0 aliphatic heterocycles. The molecule has 3 rings (SSSR count). The van der Waals surface area contributed by atoms with E-state index in [1.165, 1.54) is 6.20 Å². The number of nitrogens with zero attached hydrogens (tertiary/aromatic N) is 2. The topological polar surface area (TPSA) is 115 Å². The summed E-state index contributed by atoms with van der Waals surface area (Å²) in [7, 11) is 0. The van der Waals surface area contributed by atoms with E-state index in [0.717, 1.165) is 12.8 Å². The molecule has 8 heteroatoms. The van der Waals surface area contributed by atoms with Crippen LogP contribution in [0.4, 0.5) is 0 Å². The highest BCUT2D eigenvalue weighted by Crippen LogP contribution is 2.36. The van der Waals surface area contributed by atoms with Gasteiger partial charge in [-0.2, -0.15) is 0 Å². The Morgan fingerprint density at radius 1 is 1.19 bits per heavy atom. The summed E-state index contributed by atoms with van der Waals surface area (Å²) < 4.78 is 5.32. The highest BCUT2D eigenvalue weighted by atomic mass is 16.5. The van der Waals surface area contributed by atoms with Crippen molar-refractivity contribution in [2.45, 2.75) is 51.2 Å². The number of rotatable bonds is 8. The van der Waals surface area contributed by atoms with Crippen molar-refractivity contribution in [2.24, 2.45) is 5.73 Å². The number of ether oxygens (including phenoxy) is 1. The number of amides is 3. The molecule has 1 atom stereocenters. The Labute approximate surface area is 181 Å². The molecule has 31 heavy (non-hydrogen) atoms. The number of aromatic nitrogens is 1. The van der Waals surface area contributed by atoms with E-state index in [0.29, 0.717) is 16.9 Å². The monoisotopic (exact) mass is 424 g/mol. The van der Waals surface area contributed by atoms with Crippen LogP contribution in [0.5, 0.6) is 5.75 Å². The van der Waals surface area contributed by atoms with Crippen molar-refractivity contribution in [3.63, 3.8) is 0 Å². The zero-order chi connectivity index (χ0) is 22.6. The third kappa shape index (κ3) is 6.04. The maximum Gasteiger partial charge on any atom is 0.256 e. The van der Waals surface area contributed by atoms with E-state index in [1.807, 2.05) is 20.8 Å². The summed E-state index contributed by atoms with van der Waals surface area (Å²) >= 11 is 0. The lowest BCUT2D eigenvalue weighted by Crippen LogP contribution is -2.50. The second-order valence-electron chi connectivity index (χ2n) is 8.65. The number of nitrogens with two attached hydrogens (primary N) is 1. The molecule has 3 amide bonds. The van der Waals surface area contributed by atoms with Gasteiger partial charge in [0.05, 0.1) is 5.56 Å². The summed E-state index contributed by atoms with van der Waals surface area (Å²) in [6, 6.07) is 9.35. The summed E-state index contributed by atoms with van der Waals surface area (Å²) in [6.45, 7) is 5.45. The number of carbonyl (C=O) groups excluding carboxylic acids is 3. The molecule has 164 valence electrons. The van der Waals surface area contributed by atoms with Gasteiger partial charge in [-0.25, -0.2) is 0 Å². The third-order valence-corrected chi connectivity index (χ3v) is 4.68. The fraction of sp³-hybridized carbons (Fsp3) is 0.391. The van der Waals surface area contributed by atoms with Crippen LogP contribution < -0.4 is 15.8 Å². The number of nitrogens with one attached hydrogen (secondary N) is 1. The van der Waals surface area contributed by atoms with Gasteiger partial charge in [0.2, 0.25) is 5.91 Å².